The maximum atomic E-state index is 3.56. The molecule has 0 N–H and O–H groups in total. The van der Waals surface area contributed by atoms with Crippen LogP contribution in [0.3, 0.4) is 0 Å². The van der Waals surface area contributed by atoms with Crippen LogP contribution in [0.25, 0.3) is 0 Å². The molecule has 0 aliphatic carbocycles. The summed E-state index contributed by atoms with van der Waals surface area (Å²) in [4.78, 5) is 0.433. The number of aryl methyl sites for hydroxylation is 1. The van der Waals surface area contributed by atoms with Crippen LogP contribution >= 0.6 is 31.9 Å². The first-order chi connectivity index (χ1) is 5.24. The molecule has 0 aromatic heterocycles. The summed E-state index contributed by atoms with van der Waals surface area (Å²) in [5, 5.41) is 0.954. The second-order valence-corrected chi connectivity index (χ2v) is 4.29. The summed E-state index contributed by atoms with van der Waals surface area (Å²) in [5.74, 6) is 0. The highest BCUT2D eigenvalue weighted by molar-refractivity contribution is 9.12. The van der Waals surface area contributed by atoms with Crippen LogP contribution in [-0.2, 0) is 0 Å². The molecular weight excluding hydrogens is 268 g/mol. The topological polar surface area (TPSA) is 0 Å². The lowest BCUT2D eigenvalue weighted by Gasteiger charge is -2.05. The SMILES string of the molecule is Cc1ccc([C@@H](Br)CBr)cc1. The molecule has 0 heterocycles. The van der Waals surface area contributed by atoms with Crippen LogP contribution in [0.5, 0.6) is 0 Å². The van der Waals surface area contributed by atoms with Gasteiger partial charge >= 0.3 is 0 Å². The van der Waals surface area contributed by atoms with Gasteiger partial charge in [-0.2, -0.15) is 0 Å². The molecule has 60 valence electrons. The van der Waals surface area contributed by atoms with E-state index in [1.807, 2.05) is 0 Å². The van der Waals surface area contributed by atoms with Gasteiger partial charge in [-0.1, -0.05) is 61.7 Å². The fraction of sp³-hybridized carbons (Fsp3) is 0.333. The Morgan fingerprint density at radius 3 is 2.27 bits per heavy atom. The van der Waals surface area contributed by atoms with Crippen molar-refractivity contribution in [3.05, 3.63) is 35.4 Å². The van der Waals surface area contributed by atoms with Crippen LogP contribution in [-0.4, -0.2) is 5.33 Å². The summed E-state index contributed by atoms with van der Waals surface area (Å²) in [7, 11) is 0. The predicted molar refractivity (Wildman–Crippen MR) is 56.6 cm³/mol. The van der Waals surface area contributed by atoms with E-state index in [1.165, 1.54) is 11.1 Å². The standard InChI is InChI=1S/C9H10Br2/c1-7-2-4-8(5-3-7)9(11)6-10/h2-5,9H,6H2,1H3/t9-/m0/s1. The quantitative estimate of drug-likeness (QED) is 0.721. The lowest BCUT2D eigenvalue weighted by molar-refractivity contribution is 1.15. The van der Waals surface area contributed by atoms with Crippen molar-refractivity contribution >= 4 is 31.9 Å². The number of rotatable bonds is 2. The zero-order chi connectivity index (χ0) is 8.27. The van der Waals surface area contributed by atoms with Gasteiger partial charge in [0, 0.05) is 10.2 Å². The number of alkyl halides is 2. The zero-order valence-electron chi connectivity index (χ0n) is 6.35. The van der Waals surface area contributed by atoms with Crippen molar-refractivity contribution in [1.82, 2.24) is 0 Å². The molecule has 0 nitrogen and oxygen atoms in total. The molecule has 0 fully saturated rings. The predicted octanol–water partition coefficient (Wildman–Crippen LogP) is 3.83. The third kappa shape index (κ3) is 2.60. The normalized spacial score (nSPS) is 13.0. The molecular formula is C9H10Br2. The highest BCUT2D eigenvalue weighted by Crippen LogP contribution is 2.24. The van der Waals surface area contributed by atoms with E-state index in [1.54, 1.807) is 0 Å². The highest BCUT2D eigenvalue weighted by atomic mass is 79.9. The summed E-state index contributed by atoms with van der Waals surface area (Å²) in [6.07, 6.45) is 0. The van der Waals surface area contributed by atoms with Crippen molar-refractivity contribution in [1.29, 1.82) is 0 Å². The molecule has 0 saturated carbocycles. The molecule has 1 aromatic rings. The van der Waals surface area contributed by atoms with Gasteiger partial charge in [0.15, 0.2) is 0 Å². The molecule has 0 aliphatic heterocycles. The molecule has 11 heavy (non-hydrogen) atoms. The zero-order valence-corrected chi connectivity index (χ0v) is 9.52. The van der Waals surface area contributed by atoms with Crippen LogP contribution in [0.2, 0.25) is 0 Å². The van der Waals surface area contributed by atoms with Gasteiger partial charge < -0.3 is 0 Å². The van der Waals surface area contributed by atoms with E-state index in [0.717, 1.165) is 5.33 Å². The Bertz CT molecular complexity index is 216. The molecule has 0 unspecified atom stereocenters. The third-order valence-corrected chi connectivity index (χ3v) is 3.94. The minimum absolute atomic E-state index is 0.433. The highest BCUT2D eigenvalue weighted by Gasteiger charge is 2.03. The first-order valence-electron chi connectivity index (χ1n) is 3.50. The maximum Gasteiger partial charge on any atom is 0.0492 e. The summed E-state index contributed by atoms with van der Waals surface area (Å²) < 4.78 is 0. The van der Waals surface area contributed by atoms with Crippen LogP contribution in [0, 0.1) is 6.92 Å². The number of benzene rings is 1. The van der Waals surface area contributed by atoms with Gasteiger partial charge in [0.1, 0.15) is 0 Å². The largest absolute Gasteiger partial charge is 0.0912 e. The first kappa shape index (κ1) is 9.27. The van der Waals surface area contributed by atoms with Crippen molar-refractivity contribution < 1.29 is 0 Å². The van der Waals surface area contributed by atoms with Gasteiger partial charge in [-0.15, -0.1) is 0 Å². The third-order valence-electron chi connectivity index (χ3n) is 1.57. The van der Waals surface area contributed by atoms with Gasteiger partial charge in [-0.05, 0) is 12.5 Å². The molecule has 1 aromatic carbocycles. The monoisotopic (exact) mass is 276 g/mol. The van der Waals surface area contributed by atoms with Gasteiger partial charge in [0.05, 0.1) is 0 Å². The Balaban J connectivity index is 2.81. The molecule has 0 amide bonds. The lowest BCUT2D eigenvalue weighted by atomic mass is 10.1. The second kappa shape index (κ2) is 4.27. The molecule has 1 rings (SSSR count). The fourth-order valence-corrected chi connectivity index (χ4v) is 1.54. The van der Waals surface area contributed by atoms with Crippen molar-refractivity contribution in [2.24, 2.45) is 0 Å². The summed E-state index contributed by atoms with van der Waals surface area (Å²) in [6, 6.07) is 8.56. The van der Waals surface area contributed by atoms with Gasteiger partial charge in [0.25, 0.3) is 0 Å². The fourth-order valence-electron chi connectivity index (χ4n) is 0.864. The van der Waals surface area contributed by atoms with E-state index in [4.69, 9.17) is 0 Å². The summed E-state index contributed by atoms with van der Waals surface area (Å²) >= 11 is 6.99. The average molecular weight is 278 g/mol. The van der Waals surface area contributed by atoms with E-state index >= 15 is 0 Å². The minimum atomic E-state index is 0.433. The molecule has 0 bridgehead atoms. The van der Waals surface area contributed by atoms with Crippen molar-refractivity contribution in [3.63, 3.8) is 0 Å². The van der Waals surface area contributed by atoms with Gasteiger partial charge in [-0.3, -0.25) is 0 Å². The smallest absolute Gasteiger partial charge is 0.0492 e. The van der Waals surface area contributed by atoms with E-state index in [2.05, 4.69) is 63.0 Å². The number of hydrogen-bond donors (Lipinski definition) is 0. The first-order valence-corrected chi connectivity index (χ1v) is 5.54. The van der Waals surface area contributed by atoms with Crippen molar-refractivity contribution in [3.8, 4) is 0 Å². The van der Waals surface area contributed by atoms with Gasteiger partial charge in [-0.25, -0.2) is 0 Å². The van der Waals surface area contributed by atoms with E-state index in [-0.39, 0.29) is 0 Å². The minimum Gasteiger partial charge on any atom is -0.0912 e. The van der Waals surface area contributed by atoms with Crippen LogP contribution < -0.4 is 0 Å². The van der Waals surface area contributed by atoms with E-state index < -0.39 is 0 Å². The lowest BCUT2D eigenvalue weighted by Crippen LogP contribution is -1.89. The van der Waals surface area contributed by atoms with E-state index in [9.17, 15) is 0 Å². The maximum absolute atomic E-state index is 3.56. The Hall–Kier alpha value is 0.180. The van der Waals surface area contributed by atoms with E-state index in [0.29, 0.717) is 4.83 Å². The molecule has 0 aliphatic rings. The summed E-state index contributed by atoms with van der Waals surface area (Å²) in [5.41, 5.74) is 2.63. The summed E-state index contributed by atoms with van der Waals surface area (Å²) in [6.45, 7) is 2.10. The Labute approximate surface area is 84.3 Å². The Morgan fingerprint density at radius 1 is 1.27 bits per heavy atom. The van der Waals surface area contributed by atoms with Crippen LogP contribution in [0.15, 0.2) is 24.3 Å². The molecule has 0 saturated heterocycles. The molecule has 2 heteroatoms. The van der Waals surface area contributed by atoms with Gasteiger partial charge in [0.2, 0.25) is 0 Å². The Kier molecular flexibility index (Phi) is 3.60. The molecule has 0 spiro atoms. The Morgan fingerprint density at radius 2 is 1.82 bits per heavy atom. The molecule has 0 radical (unpaired) electrons. The number of hydrogen-bond acceptors (Lipinski definition) is 0. The van der Waals surface area contributed by atoms with Crippen LogP contribution in [0.1, 0.15) is 16.0 Å². The molecule has 1 atom stereocenters. The van der Waals surface area contributed by atoms with Crippen LogP contribution in [0.4, 0.5) is 0 Å². The number of halogens is 2. The van der Waals surface area contributed by atoms with Crippen molar-refractivity contribution in [2.75, 3.05) is 5.33 Å². The average Bonchev–Trinajstić information content (AvgIpc) is 2.05. The second-order valence-electron chi connectivity index (χ2n) is 2.53. The van der Waals surface area contributed by atoms with Crippen molar-refractivity contribution in [2.45, 2.75) is 11.8 Å².